The highest BCUT2D eigenvalue weighted by Gasteiger charge is 2.27. The van der Waals surface area contributed by atoms with Gasteiger partial charge < -0.3 is 10.2 Å². The van der Waals surface area contributed by atoms with Crippen LogP contribution in [-0.4, -0.2) is 47.9 Å². The second-order valence-corrected chi connectivity index (χ2v) is 6.50. The molecule has 4 rings (SSSR count). The van der Waals surface area contributed by atoms with E-state index < -0.39 is 0 Å². The second-order valence-electron chi connectivity index (χ2n) is 5.98. The number of piperidine rings is 1. The molecule has 3 heterocycles. The average Bonchev–Trinajstić information content (AvgIpc) is 3.28. The summed E-state index contributed by atoms with van der Waals surface area (Å²) in [6.07, 6.45) is 3.46. The predicted molar refractivity (Wildman–Crippen MR) is 91.1 cm³/mol. The van der Waals surface area contributed by atoms with Crippen LogP contribution in [0.5, 0.6) is 0 Å². The molecule has 8 nitrogen and oxygen atoms in total. The standard InChI is InChI=1S/C15H17N7OS/c1-9-4-5-11-13(21-24-20-11)12(9)18-15(23)22-6-2-3-10(7-22)14-16-8-17-19-14/h4-5,8,10H,2-3,6-7H2,1H3,(H,18,23)(H,16,17,19). The Kier molecular flexibility index (Phi) is 3.85. The van der Waals surface area contributed by atoms with Crippen LogP contribution >= 0.6 is 11.7 Å². The summed E-state index contributed by atoms with van der Waals surface area (Å²) in [5.74, 6) is 1.04. The van der Waals surface area contributed by atoms with Crippen molar-refractivity contribution in [3.63, 3.8) is 0 Å². The maximum Gasteiger partial charge on any atom is 0.321 e. The molecule has 0 aliphatic carbocycles. The molecule has 2 amide bonds. The van der Waals surface area contributed by atoms with Crippen LogP contribution in [0, 0.1) is 6.92 Å². The first kappa shape index (κ1) is 15.0. The molecule has 1 unspecified atom stereocenters. The van der Waals surface area contributed by atoms with Gasteiger partial charge in [0.05, 0.1) is 17.4 Å². The number of hydrogen-bond acceptors (Lipinski definition) is 6. The molecule has 1 atom stereocenters. The zero-order valence-corrected chi connectivity index (χ0v) is 14.0. The summed E-state index contributed by atoms with van der Waals surface area (Å²) < 4.78 is 8.54. The van der Waals surface area contributed by atoms with Crippen LogP contribution in [-0.2, 0) is 0 Å². The quantitative estimate of drug-likeness (QED) is 0.745. The van der Waals surface area contributed by atoms with Gasteiger partial charge in [0.1, 0.15) is 23.2 Å². The highest BCUT2D eigenvalue weighted by molar-refractivity contribution is 7.00. The third kappa shape index (κ3) is 2.71. The number of likely N-dealkylation sites (tertiary alicyclic amines) is 1. The lowest BCUT2D eigenvalue weighted by molar-refractivity contribution is 0.191. The van der Waals surface area contributed by atoms with Gasteiger partial charge in [0.2, 0.25) is 0 Å². The van der Waals surface area contributed by atoms with Gasteiger partial charge in [-0.2, -0.15) is 13.8 Å². The van der Waals surface area contributed by atoms with Gasteiger partial charge in [-0.3, -0.25) is 5.10 Å². The van der Waals surface area contributed by atoms with E-state index in [4.69, 9.17) is 0 Å². The smallest absolute Gasteiger partial charge is 0.321 e. The number of rotatable bonds is 2. The molecule has 0 saturated carbocycles. The minimum atomic E-state index is -0.109. The monoisotopic (exact) mass is 343 g/mol. The van der Waals surface area contributed by atoms with E-state index in [-0.39, 0.29) is 11.9 Å². The van der Waals surface area contributed by atoms with E-state index in [1.165, 1.54) is 6.33 Å². The lowest BCUT2D eigenvalue weighted by Gasteiger charge is -2.31. The molecule has 124 valence electrons. The van der Waals surface area contributed by atoms with Crippen molar-refractivity contribution in [3.05, 3.63) is 29.8 Å². The van der Waals surface area contributed by atoms with Gasteiger partial charge in [-0.05, 0) is 31.4 Å². The Bertz CT molecular complexity index is 860. The van der Waals surface area contributed by atoms with Crippen molar-refractivity contribution in [2.45, 2.75) is 25.7 Å². The lowest BCUT2D eigenvalue weighted by Crippen LogP contribution is -2.42. The Morgan fingerprint density at radius 3 is 3.17 bits per heavy atom. The molecule has 3 aromatic rings. The van der Waals surface area contributed by atoms with Crippen LogP contribution in [0.1, 0.15) is 30.1 Å². The molecule has 1 aliphatic rings. The molecule has 2 aromatic heterocycles. The van der Waals surface area contributed by atoms with Crippen molar-refractivity contribution in [2.75, 3.05) is 18.4 Å². The van der Waals surface area contributed by atoms with Gasteiger partial charge in [0.25, 0.3) is 0 Å². The van der Waals surface area contributed by atoms with E-state index in [1.54, 1.807) is 0 Å². The molecule has 1 saturated heterocycles. The molecule has 9 heteroatoms. The largest absolute Gasteiger partial charge is 0.324 e. The Labute approximate surface area is 142 Å². The number of aromatic nitrogens is 5. The maximum atomic E-state index is 12.7. The fourth-order valence-corrected chi connectivity index (χ4v) is 3.64. The average molecular weight is 343 g/mol. The number of carbonyl (C=O) groups is 1. The fourth-order valence-electron chi connectivity index (χ4n) is 3.09. The van der Waals surface area contributed by atoms with Gasteiger partial charge >= 0.3 is 6.03 Å². The van der Waals surface area contributed by atoms with E-state index >= 15 is 0 Å². The molecular weight excluding hydrogens is 326 g/mol. The summed E-state index contributed by atoms with van der Waals surface area (Å²) in [5.41, 5.74) is 3.27. The number of carbonyl (C=O) groups excluding carboxylic acids is 1. The molecule has 2 N–H and O–H groups in total. The Morgan fingerprint density at radius 1 is 1.42 bits per heavy atom. The van der Waals surface area contributed by atoms with Crippen molar-refractivity contribution in [2.24, 2.45) is 0 Å². The number of fused-ring (bicyclic) bond motifs is 1. The van der Waals surface area contributed by atoms with Gasteiger partial charge in [-0.15, -0.1) is 0 Å². The number of aromatic amines is 1. The SMILES string of the molecule is Cc1ccc2nsnc2c1NC(=O)N1CCCC(c2ncn[nH]2)C1. The molecule has 0 bridgehead atoms. The number of aryl methyl sites for hydroxylation is 1. The summed E-state index contributed by atoms with van der Waals surface area (Å²) in [5, 5.41) is 9.83. The summed E-state index contributed by atoms with van der Waals surface area (Å²) >= 11 is 1.15. The Morgan fingerprint density at radius 2 is 2.33 bits per heavy atom. The normalized spacial score (nSPS) is 18.0. The van der Waals surface area contributed by atoms with E-state index in [9.17, 15) is 4.79 Å². The Balaban J connectivity index is 1.53. The number of anilines is 1. The highest BCUT2D eigenvalue weighted by Crippen LogP contribution is 2.28. The third-order valence-corrected chi connectivity index (χ3v) is 4.94. The fraction of sp³-hybridized carbons (Fsp3) is 0.400. The van der Waals surface area contributed by atoms with Crippen LogP contribution < -0.4 is 5.32 Å². The van der Waals surface area contributed by atoms with E-state index in [0.717, 1.165) is 59.2 Å². The number of urea groups is 1. The van der Waals surface area contributed by atoms with Crippen LogP contribution in [0.25, 0.3) is 11.0 Å². The topological polar surface area (TPSA) is 99.7 Å². The first-order chi connectivity index (χ1) is 11.7. The van der Waals surface area contributed by atoms with Crippen molar-refractivity contribution >= 4 is 34.5 Å². The van der Waals surface area contributed by atoms with Crippen LogP contribution in [0.2, 0.25) is 0 Å². The summed E-state index contributed by atoms with van der Waals surface area (Å²) in [6.45, 7) is 3.33. The Hall–Kier alpha value is -2.55. The van der Waals surface area contributed by atoms with E-state index in [1.807, 2.05) is 24.0 Å². The van der Waals surface area contributed by atoms with Crippen LogP contribution in [0.4, 0.5) is 10.5 Å². The van der Waals surface area contributed by atoms with Crippen molar-refractivity contribution < 1.29 is 4.79 Å². The number of amides is 2. The molecular formula is C15H17N7OS. The summed E-state index contributed by atoms with van der Waals surface area (Å²) in [4.78, 5) is 18.8. The predicted octanol–water partition coefficient (Wildman–Crippen LogP) is 2.53. The molecule has 1 aliphatic heterocycles. The lowest BCUT2D eigenvalue weighted by atomic mass is 9.98. The number of nitrogens with one attached hydrogen (secondary N) is 2. The number of H-pyrrole nitrogens is 1. The number of benzene rings is 1. The summed E-state index contributed by atoms with van der Waals surface area (Å²) in [6, 6.07) is 3.76. The number of nitrogens with zero attached hydrogens (tertiary/aromatic N) is 5. The molecule has 24 heavy (non-hydrogen) atoms. The minimum absolute atomic E-state index is 0.109. The van der Waals surface area contributed by atoms with Crippen molar-refractivity contribution in [3.8, 4) is 0 Å². The first-order valence-electron chi connectivity index (χ1n) is 7.85. The van der Waals surface area contributed by atoms with Gasteiger partial charge in [0.15, 0.2) is 0 Å². The van der Waals surface area contributed by atoms with Gasteiger partial charge in [0, 0.05) is 19.0 Å². The maximum absolute atomic E-state index is 12.7. The zero-order valence-electron chi connectivity index (χ0n) is 13.2. The van der Waals surface area contributed by atoms with Crippen molar-refractivity contribution in [1.82, 2.24) is 28.8 Å². The highest BCUT2D eigenvalue weighted by atomic mass is 32.1. The van der Waals surface area contributed by atoms with Crippen LogP contribution in [0.3, 0.4) is 0 Å². The van der Waals surface area contributed by atoms with Gasteiger partial charge in [-0.1, -0.05) is 6.07 Å². The molecule has 1 aromatic carbocycles. The zero-order chi connectivity index (χ0) is 16.5. The summed E-state index contributed by atoms with van der Waals surface area (Å²) in [7, 11) is 0. The molecule has 0 spiro atoms. The van der Waals surface area contributed by atoms with E-state index in [0.29, 0.717) is 6.54 Å². The third-order valence-electron chi connectivity index (χ3n) is 4.40. The minimum Gasteiger partial charge on any atom is -0.324 e. The molecule has 1 fully saturated rings. The van der Waals surface area contributed by atoms with Crippen LogP contribution in [0.15, 0.2) is 18.5 Å². The molecule has 0 radical (unpaired) electrons. The van der Waals surface area contributed by atoms with Gasteiger partial charge in [-0.25, -0.2) is 9.78 Å². The number of hydrogen-bond donors (Lipinski definition) is 2. The second kappa shape index (κ2) is 6.16. The van der Waals surface area contributed by atoms with E-state index in [2.05, 4.69) is 29.2 Å². The van der Waals surface area contributed by atoms with Crippen molar-refractivity contribution in [1.29, 1.82) is 0 Å². The first-order valence-corrected chi connectivity index (χ1v) is 8.58.